The van der Waals surface area contributed by atoms with Crippen molar-refractivity contribution in [2.75, 3.05) is 13.6 Å². The van der Waals surface area contributed by atoms with Gasteiger partial charge in [-0.25, -0.2) is 4.99 Å². The van der Waals surface area contributed by atoms with E-state index >= 15 is 0 Å². The molecule has 1 heterocycles. The molecule has 0 atom stereocenters. The predicted molar refractivity (Wildman–Crippen MR) is 111 cm³/mol. The Morgan fingerprint density at radius 2 is 1.83 bits per heavy atom. The third kappa shape index (κ3) is 6.14. The van der Waals surface area contributed by atoms with Crippen LogP contribution in [0.1, 0.15) is 30.5 Å². The number of nitrogens with one attached hydrogen (secondary N) is 1. The normalized spacial score (nSPS) is 11.1. The van der Waals surface area contributed by atoms with Gasteiger partial charge in [0.15, 0.2) is 5.96 Å². The number of rotatable bonds is 6. The molecule has 0 bridgehead atoms. The Labute approximate surface area is 162 Å². The van der Waals surface area contributed by atoms with Crippen LogP contribution in [0.15, 0.2) is 41.7 Å². The third-order valence-corrected chi connectivity index (χ3v) is 3.72. The molecule has 0 amide bonds. The number of aromatic nitrogens is 2. The lowest BCUT2D eigenvalue weighted by atomic mass is 10.1. The fraction of sp³-hybridized carbons (Fsp3) is 0.444. The number of nitrogens with zero attached hydrogens (tertiary/aromatic N) is 4. The molecule has 6 heteroatoms. The number of aryl methyl sites for hydroxylation is 2. The van der Waals surface area contributed by atoms with E-state index in [-0.39, 0.29) is 24.0 Å². The van der Waals surface area contributed by atoms with Gasteiger partial charge in [0, 0.05) is 38.9 Å². The summed E-state index contributed by atoms with van der Waals surface area (Å²) in [4.78, 5) is 6.86. The minimum atomic E-state index is 0. The highest BCUT2D eigenvalue weighted by Gasteiger charge is 2.07. The Kier molecular flexibility index (Phi) is 8.81. The van der Waals surface area contributed by atoms with E-state index in [1.807, 2.05) is 19.4 Å². The molecule has 0 radical (unpaired) electrons. The average molecular weight is 441 g/mol. The van der Waals surface area contributed by atoms with Gasteiger partial charge >= 0.3 is 0 Å². The van der Waals surface area contributed by atoms with Crippen molar-refractivity contribution in [1.82, 2.24) is 20.0 Å². The Morgan fingerprint density at radius 3 is 2.38 bits per heavy atom. The van der Waals surface area contributed by atoms with Crippen molar-refractivity contribution < 1.29 is 0 Å². The summed E-state index contributed by atoms with van der Waals surface area (Å²) < 4.78 is 1.80. The van der Waals surface area contributed by atoms with E-state index in [0.29, 0.717) is 6.54 Å². The van der Waals surface area contributed by atoms with Gasteiger partial charge in [-0.15, -0.1) is 24.0 Å². The summed E-state index contributed by atoms with van der Waals surface area (Å²) in [5, 5.41) is 7.53. The van der Waals surface area contributed by atoms with Gasteiger partial charge in [0.25, 0.3) is 0 Å². The van der Waals surface area contributed by atoms with E-state index in [2.05, 4.69) is 60.5 Å². The Morgan fingerprint density at radius 1 is 1.17 bits per heavy atom. The molecule has 24 heavy (non-hydrogen) atoms. The molecule has 0 saturated carbocycles. The van der Waals surface area contributed by atoms with Crippen molar-refractivity contribution in [1.29, 1.82) is 0 Å². The molecule has 2 aromatic rings. The quantitative estimate of drug-likeness (QED) is 0.426. The molecular formula is C18H28IN5. The van der Waals surface area contributed by atoms with Crippen LogP contribution in [0.2, 0.25) is 0 Å². The molecule has 0 aliphatic rings. The molecule has 0 saturated heterocycles. The molecule has 0 fully saturated rings. The summed E-state index contributed by atoms with van der Waals surface area (Å²) in [5.74, 6) is 0.913. The number of hydrogen-bond donors (Lipinski definition) is 1. The van der Waals surface area contributed by atoms with Crippen LogP contribution in [0.25, 0.3) is 0 Å². The maximum Gasteiger partial charge on any atom is 0.194 e. The van der Waals surface area contributed by atoms with E-state index in [9.17, 15) is 0 Å². The SMILES string of the molecule is CCNC(=NCc1cnn(C)c1)N(C)Cc1ccc(CC)cc1.I. The molecule has 1 N–H and O–H groups in total. The van der Waals surface area contributed by atoms with E-state index in [4.69, 9.17) is 4.99 Å². The first kappa shape index (κ1) is 20.5. The number of halogens is 1. The Hall–Kier alpha value is -1.57. The second-order valence-corrected chi connectivity index (χ2v) is 5.72. The first-order valence-electron chi connectivity index (χ1n) is 8.17. The summed E-state index contributed by atoms with van der Waals surface area (Å²) in [7, 11) is 3.99. The van der Waals surface area contributed by atoms with Crippen molar-refractivity contribution in [3.05, 3.63) is 53.3 Å². The largest absolute Gasteiger partial charge is 0.357 e. The Bertz CT molecular complexity index is 633. The monoisotopic (exact) mass is 441 g/mol. The van der Waals surface area contributed by atoms with Gasteiger partial charge in [-0.2, -0.15) is 5.10 Å². The summed E-state index contributed by atoms with van der Waals surface area (Å²) in [5.41, 5.74) is 3.77. The second kappa shape index (κ2) is 10.3. The summed E-state index contributed by atoms with van der Waals surface area (Å²) in [6.45, 7) is 6.59. The van der Waals surface area contributed by atoms with E-state index in [0.717, 1.165) is 31.0 Å². The standard InChI is InChI=1S/C18H27N5.HI/c1-5-15-7-9-16(10-8-15)13-22(3)18(19-6-2)20-11-17-12-21-23(4)14-17;/h7-10,12,14H,5-6,11,13H2,1-4H3,(H,19,20);1H. The fourth-order valence-corrected chi connectivity index (χ4v) is 2.42. The number of benzene rings is 1. The van der Waals surface area contributed by atoms with E-state index in [1.54, 1.807) is 4.68 Å². The Balaban J connectivity index is 0.00000288. The molecule has 0 unspecified atom stereocenters. The molecule has 1 aromatic heterocycles. The van der Waals surface area contributed by atoms with Crippen LogP contribution in [-0.4, -0.2) is 34.2 Å². The number of aliphatic imine (C=N–C) groups is 1. The average Bonchev–Trinajstić information content (AvgIpc) is 2.97. The van der Waals surface area contributed by atoms with Crippen LogP contribution in [0.4, 0.5) is 0 Å². The minimum Gasteiger partial charge on any atom is -0.357 e. The second-order valence-electron chi connectivity index (χ2n) is 5.72. The predicted octanol–water partition coefficient (Wildman–Crippen LogP) is 3.20. The molecule has 1 aromatic carbocycles. The first-order chi connectivity index (χ1) is 11.1. The van der Waals surface area contributed by atoms with Crippen molar-refractivity contribution >= 4 is 29.9 Å². The first-order valence-corrected chi connectivity index (χ1v) is 8.17. The molecular weight excluding hydrogens is 413 g/mol. The van der Waals surface area contributed by atoms with E-state index in [1.165, 1.54) is 11.1 Å². The number of hydrogen-bond acceptors (Lipinski definition) is 2. The van der Waals surface area contributed by atoms with Gasteiger partial charge in [-0.3, -0.25) is 4.68 Å². The maximum atomic E-state index is 4.70. The molecule has 0 aliphatic carbocycles. The van der Waals surface area contributed by atoms with Crippen LogP contribution in [0.3, 0.4) is 0 Å². The molecule has 2 rings (SSSR count). The highest BCUT2D eigenvalue weighted by molar-refractivity contribution is 14.0. The van der Waals surface area contributed by atoms with Crippen LogP contribution >= 0.6 is 24.0 Å². The summed E-state index contributed by atoms with van der Waals surface area (Å²) in [6, 6.07) is 8.78. The zero-order valence-corrected chi connectivity index (χ0v) is 17.3. The topological polar surface area (TPSA) is 45.5 Å². The molecule has 5 nitrogen and oxygen atoms in total. The van der Waals surface area contributed by atoms with E-state index < -0.39 is 0 Å². The van der Waals surface area contributed by atoms with Gasteiger partial charge in [-0.05, 0) is 24.5 Å². The van der Waals surface area contributed by atoms with Crippen molar-refractivity contribution in [2.45, 2.75) is 33.4 Å². The zero-order chi connectivity index (χ0) is 16.7. The third-order valence-electron chi connectivity index (χ3n) is 3.72. The molecule has 0 aliphatic heterocycles. The highest BCUT2D eigenvalue weighted by Crippen LogP contribution is 2.08. The van der Waals surface area contributed by atoms with Crippen LogP contribution in [0, 0.1) is 0 Å². The van der Waals surface area contributed by atoms with Gasteiger partial charge in [0.05, 0.1) is 12.7 Å². The van der Waals surface area contributed by atoms with Gasteiger partial charge in [-0.1, -0.05) is 31.2 Å². The number of guanidine groups is 1. The summed E-state index contributed by atoms with van der Waals surface area (Å²) >= 11 is 0. The highest BCUT2D eigenvalue weighted by atomic mass is 127. The maximum absolute atomic E-state index is 4.70. The minimum absolute atomic E-state index is 0. The van der Waals surface area contributed by atoms with Crippen LogP contribution in [-0.2, 0) is 26.6 Å². The van der Waals surface area contributed by atoms with Crippen LogP contribution in [0.5, 0.6) is 0 Å². The van der Waals surface area contributed by atoms with Crippen molar-refractivity contribution in [3.63, 3.8) is 0 Å². The molecule has 0 spiro atoms. The van der Waals surface area contributed by atoms with Gasteiger partial charge in [0.1, 0.15) is 0 Å². The lowest BCUT2D eigenvalue weighted by Crippen LogP contribution is -2.38. The van der Waals surface area contributed by atoms with Crippen molar-refractivity contribution in [3.8, 4) is 0 Å². The van der Waals surface area contributed by atoms with Gasteiger partial charge < -0.3 is 10.2 Å². The molecule has 132 valence electrons. The lowest BCUT2D eigenvalue weighted by Gasteiger charge is -2.22. The lowest BCUT2D eigenvalue weighted by molar-refractivity contribution is 0.476. The summed E-state index contributed by atoms with van der Waals surface area (Å²) in [6.07, 6.45) is 4.93. The fourth-order valence-electron chi connectivity index (χ4n) is 2.42. The van der Waals surface area contributed by atoms with Crippen molar-refractivity contribution in [2.24, 2.45) is 12.0 Å². The smallest absolute Gasteiger partial charge is 0.194 e. The van der Waals surface area contributed by atoms with Gasteiger partial charge in [0.2, 0.25) is 0 Å². The van der Waals surface area contributed by atoms with Crippen LogP contribution < -0.4 is 5.32 Å². The zero-order valence-electron chi connectivity index (χ0n) is 15.0.